The van der Waals surface area contributed by atoms with E-state index in [4.69, 9.17) is 24.3 Å². The van der Waals surface area contributed by atoms with Gasteiger partial charge in [0.15, 0.2) is 0 Å². The summed E-state index contributed by atoms with van der Waals surface area (Å²) >= 11 is 0. The van der Waals surface area contributed by atoms with Crippen LogP contribution in [-0.2, 0) is 27.9 Å². The molecule has 9 heteroatoms. The minimum atomic E-state index is -4.26. The summed E-state index contributed by atoms with van der Waals surface area (Å²) in [6.07, 6.45) is 35.3. The van der Waals surface area contributed by atoms with E-state index in [-0.39, 0.29) is 32.3 Å². The lowest BCUT2D eigenvalue weighted by Crippen LogP contribution is -2.28. The Hall–Kier alpha value is -0.760. The minimum absolute atomic E-state index is 0.0930. The molecule has 2 unspecified atom stereocenters. The Morgan fingerprint density at radius 3 is 1.59 bits per heavy atom. The number of rotatable bonds is 37. The Labute approximate surface area is 283 Å². The second-order valence-corrected chi connectivity index (χ2v) is 14.2. The highest BCUT2D eigenvalue weighted by Crippen LogP contribution is 2.43. The molecule has 274 valence electrons. The van der Waals surface area contributed by atoms with Crippen molar-refractivity contribution in [1.29, 1.82) is 0 Å². The van der Waals surface area contributed by atoms with Gasteiger partial charge in [0.25, 0.3) is 0 Å². The van der Waals surface area contributed by atoms with Crippen LogP contribution in [0.15, 0.2) is 12.2 Å². The fourth-order valence-corrected chi connectivity index (χ4v) is 6.11. The average Bonchev–Trinajstić information content (AvgIpc) is 3.04. The first-order chi connectivity index (χ1) is 22.4. The molecule has 0 aromatic heterocycles. The molecule has 0 spiro atoms. The van der Waals surface area contributed by atoms with Crippen LogP contribution in [0.2, 0.25) is 0 Å². The van der Waals surface area contributed by atoms with Crippen molar-refractivity contribution in [2.45, 2.75) is 187 Å². The molecule has 2 atom stereocenters. The Morgan fingerprint density at radius 2 is 1.09 bits per heavy atom. The number of carbonyl (C=O) groups excluding carboxylic acids is 1. The van der Waals surface area contributed by atoms with Gasteiger partial charge in [0.1, 0.15) is 6.10 Å². The second kappa shape index (κ2) is 35.5. The third kappa shape index (κ3) is 34.6. The van der Waals surface area contributed by atoms with Crippen LogP contribution >= 0.6 is 7.82 Å². The summed E-state index contributed by atoms with van der Waals surface area (Å²) in [5.41, 5.74) is 5.34. The van der Waals surface area contributed by atoms with Crippen molar-refractivity contribution in [3.05, 3.63) is 12.2 Å². The first kappa shape index (κ1) is 45.2. The van der Waals surface area contributed by atoms with E-state index in [1.807, 2.05) is 0 Å². The lowest BCUT2D eigenvalue weighted by Gasteiger charge is -2.20. The molecule has 0 heterocycles. The van der Waals surface area contributed by atoms with Gasteiger partial charge in [-0.25, -0.2) is 4.57 Å². The van der Waals surface area contributed by atoms with Crippen molar-refractivity contribution in [2.75, 3.05) is 33.0 Å². The van der Waals surface area contributed by atoms with Crippen LogP contribution in [0.5, 0.6) is 0 Å². The third-order valence-electron chi connectivity index (χ3n) is 8.18. The molecule has 0 saturated carbocycles. The largest absolute Gasteiger partial charge is 0.472 e. The van der Waals surface area contributed by atoms with Gasteiger partial charge in [-0.15, -0.1) is 0 Å². The van der Waals surface area contributed by atoms with Crippen LogP contribution in [0, 0.1) is 0 Å². The normalized spacial score (nSPS) is 13.7. The van der Waals surface area contributed by atoms with Crippen LogP contribution in [-0.4, -0.2) is 49.9 Å². The Balaban J connectivity index is 3.90. The molecular formula is C37H74NO7P. The summed E-state index contributed by atoms with van der Waals surface area (Å²) in [6, 6.07) is 0. The molecule has 0 saturated heterocycles. The summed E-state index contributed by atoms with van der Waals surface area (Å²) in [4.78, 5) is 22.2. The number of hydrogen-bond donors (Lipinski definition) is 2. The standard InChI is InChI=1S/C37H74NO7P/c1-3-5-7-9-11-12-13-14-15-16-17-18-19-20-21-22-23-25-27-29-32-42-34-36(35-44-46(40,41)43-33-31-38)45-37(39)30-28-26-24-10-8-6-4-2/h14-15,36H,3-13,16-35,38H2,1-2H3,(H,40,41)/b15-14-. The number of hydrogen-bond acceptors (Lipinski definition) is 7. The van der Waals surface area contributed by atoms with Crippen molar-refractivity contribution in [3.63, 3.8) is 0 Å². The molecule has 0 aromatic carbocycles. The molecule has 0 amide bonds. The predicted octanol–water partition coefficient (Wildman–Crippen LogP) is 10.7. The van der Waals surface area contributed by atoms with Crippen LogP contribution in [0.4, 0.5) is 0 Å². The van der Waals surface area contributed by atoms with Crippen molar-refractivity contribution < 1.29 is 32.8 Å². The average molecular weight is 676 g/mol. The van der Waals surface area contributed by atoms with Gasteiger partial charge in [-0.3, -0.25) is 13.8 Å². The maximum absolute atomic E-state index is 12.4. The molecule has 0 fully saturated rings. The number of esters is 1. The van der Waals surface area contributed by atoms with E-state index in [1.54, 1.807) is 0 Å². The van der Waals surface area contributed by atoms with E-state index in [0.717, 1.165) is 32.1 Å². The topological polar surface area (TPSA) is 117 Å². The fourth-order valence-electron chi connectivity index (χ4n) is 5.34. The van der Waals surface area contributed by atoms with E-state index in [1.165, 1.54) is 128 Å². The third-order valence-corrected chi connectivity index (χ3v) is 9.17. The summed E-state index contributed by atoms with van der Waals surface area (Å²) in [5, 5.41) is 0. The van der Waals surface area contributed by atoms with Gasteiger partial charge >= 0.3 is 13.8 Å². The van der Waals surface area contributed by atoms with E-state index < -0.39 is 13.9 Å². The lowest BCUT2D eigenvalue weighted by molar-refractivity contribution is -0.154. The van der Waals surface area contributed by atoms with E-state index in [0.29, 0.717) is 13.0 Å². The van der Waals surface area contributed by atoms with Crippen molar-refractivity contribution in [2.24, 2.45) is 5.73 Å². The van der Waals surface area contributed by atoms with E-state index in [2.05, 4.69) is 26.0 Å². The summed E-state index contributed by atoms with van der Waals surface area (Å²) in [7, 11) is -4.26. The van der Waals surface area contributed by atoms with Crippen LogP contribution in [0.1, 0.15) is 181 Å². The highest BCUT2D eigenvalue weighted by atomic mass is 31.2. The van der Waals surface area contributed by atoms with Crippen LogP contribution in [0.25, 0.3) is 0 Å². The Bertz CT molecular complexity index is 722. The highest BCUT2D eigenvalue weighted by molar-refractivity contribution is 7.47. The lowest BCUT2D eigenvalue weighted by atomic mass is 10.1. The van der Waals surface area contributed by atoms with Gasteiger partial charge in [-0.05, 0) is 38.5 Å². The number of allylic oxidation sites excluding steroid dienone is 2. The number of nitrogens with two attached hydrogens (primary N) is 1. The molecule has 0 aliphatic carbocycles. The number of unbranched alkanes of at least 4 members (excludes halogenated alkanes) is 22. The molecule has 0 aliphatic rings. The summed E-state index contributed by atoms with van der Waals surface area (Å²) < 4.78 is 33.2. The number of carbonyl (C=O) groups is 1. The number of phosphoric ester groups is 1. The van der Waals surface area contributed by atoms with Crippen molar-refractivity contribution in [1.82, 2.24) is 0 Å². The molecular weight excluding hydrogens is 601 g/mol. The molecule has 46 heavy (non-hydrogen) atoms. The van der Waals surface area contributed by atoms with E-state index in [9.17, 15) is 14.3 Å². The van der Waals surface area contributed by atoms with Gasteiger partial charge in [0.05, 0.1) is 19.8 Å². The SMILES string of the molecule is CCCCCCCC/C=C\CCCCCCCCCCCCOCC(COP(=O)(O)OCCN)OC(=O)CCCCCCCCC. The van der Waals surface area contributed by atoms with Gasteiger partial charge < -0.3 is 20.1 Å². The number of ether oxygens (including phenoxy) is 2. The monoisotopic (exact) mass is 676 g/mol. The fraction of sp³-hybridized carbons (Fsp3) is 0.919. The molecule has 3 N–H and O–H groups in total. The molecule has 0 aliphatic heterocycles. The minimum Gasteiger partial charge on any atom is -0.457 e. The first-order valence-electron chi connectivity index (χ1n) is 19.2. The quantitative estimate of drug-likeness (QED) is 0.0289. The molecule has 0 radical (unpaired) electrons. The zero-order valence-corrected chi connectivity index (χ0v) is 31.0. The summed E-state index contributed by atoms with van der Waals surface area (Å²) in [5.74, 6) is -0.336. The van der Waals surface area contributed by atoms with Crippen molar-refractivity contribution in [3.8, 4) is 0 Å². The second-order valence-electron chi connectivity index (χ2n) is 12.8. The van der Waals surface area contributed by atoms with Gasteiger partial charge in [-0.2, -0.15) is 0 Å². The van der Waals surface area contributed by atoms with Gasteiger partial charge in [-0.1, -0.05) is 148 Å². The zero-order chi connectivity index (χ0) is 33.8. The molecule has 8 nitrogen and oxygen atoms in total. The van der Waals surface area contributed by atoms with E-state index >= 15 is 0 Å². The maximum Gasteiger partial charge on any atom is 0.472 e. The Morgan fingerprint density at radius 1 is 0.630 bits per heavy atom. The smallest absolute Gasteiger partial charge is 0.457 e. The molecule has 0 rings (SSSR count). The molecule has 0 aromatic rings. The predicted molar refractivity (Wildman–Crippen MR) is 192 cm³/mol. The molecule has 0 bridgehead atoms. The van der Waals surface area contributed by atoms with Crippen LogP contribution < -0.4 is 5.73 Å². The van der Waals surface area contributed by atoms with Crippen molar-refractivity contribution >= 4 is 13.8 Å². The van der Waals surface area contributed by atoms with Gasteiger partial charge in [0, 0.05) is 19.6 Å². The highest BCUT2D eigenvalue weighted by Gasteiger charge is 2.25. The maximum atomic E-state index is 12.4. The zero-order valence-electron chi connectivity index (χ0n) is 30.1. The summed E-state index contributed by atoms with van der Waals surface area (Å²) in [6.45, 7) is 4.88. The van der Waals surface area contributed by atoms with Crippen LogP contribution in [0.3, 0.4) is 0 Å². The first-order valence-corrected chi connectivity index (χ1v) is 20.7. The van der Waals surface area contributed by atoms with Gasteiger partial charge in [0.2, 0.25) is 0 Å². The number of phosphoric acid groups is 1. The Kier molecular flexibility index (Phi) is 35.0.